The van der Waals surface area contributed by atoms with E-state index in [2.05, 4.69) is 9.47 Å². The first-order valence-electron chi connectivity index (χ1n) is 21.3. The van der Waals surface area contributed by atoms with Crippen molar-refractivity contribution in [1.29, 1.82) is 0 Å². The Labute approximate surface area is 400 Å². The largest absolute Gasteiger partial charge is 0.479 e. The van der Waals surface area contributed by atoms with Crippen LogP contribution in [0.3, 0.4) is 0 Å². The highest BCUT2D eigenvalue weighted by molar-refractivity contribution is 5.87. The predicted octanol–water partition coefficient (Wildman–Crippen LogP) is -15.6. The van der Waals surface area contributed by atoms with Crippen molar-refractivity contribution in [3.05, 3.63) is 11.6 Å². The van der Waals surface area contributed by atoms with E-state index in [0.717, 1.165) is 6.08 Å². The molecular weight excluding hydrogens is 984 g/mol. The van der Waals surface area contributed by atoms with Gasteiger partial charge in [-0.05, 0) is 6.08 Å². The van der Waals surface area contributed by atoms with E-state index >= 15 is 0 Å². The summed E-state index contributed by atoms with van der Waals surface area (Å²) < 4.78 is 14.0. The number of carboxylic acids is 2. The van der Waals surface area contributed by atoms with Crippen molar-refractivity contribution in [2.45, 2.75) is 178 Å². The molecule has 0 aromatic carbocycles. The van der Waals surface area contributed by atoms with Gasteiger partial charge in [0.2, 0.25) is 0 Å². The lowest BCUT2D eigenvalue weighted by atomic mass is 9.80. The summed E-state index contributed by atoms with van der Waals surface area (Å²) in [6.45, 7) is -2.29. The number of aliphatic hydroxyl groups excluding tert-OH is 24. The van der Waals surface area contributed by atoms with Gasteiger partial charge in [-0.1, -0.05) is 0 Å². The molecule has 420 valence electrons. The van der Waals surface area contributed by atoms with Crippen molar-refractivity contribution < 1.29 is 167 Å². The van der Waals surface area contributed by atoms with Crippen molar-refractivity contribution in [3.63, 3.8) is 0 Å². The highest BCUT2D eigenvalue weighted by atomic mass is 16.7. The molecule has 3 aliphatic carbocycles. The second kappa shape index (κ2) is 29.6. The third-order valence-electron chi connectivity index (χ3n) is 11.8. The first-order chi connectivity index (χ1) is 32.7. The van der Waals surface area contributed by atoms with Gasteiger partial charge in [-0.25, -0.2) is 9.59 Å². The van der Waals surface area contributed by atoms with E-state index in [-0.39, 0.29) is 31.6 Å². The maximum Gasteiger partial charge on any atom is 0.335 e. The minimum Gasteiger partial charge on any atom is -0.479 e. The number of aliphatic carboxylic acids is 2. The standard InChI is InChI=1S/C7H12O6.C7H10O5.2C6H12O6.2C6H12O5/c8-3-1-7(13,6(11)12)2-4(9)5(3)10;8-4-1-3(7(11)12)2-5(9)6(4)10;7-1-3-4(9)6(11,2-8)5(10)12-3;7-1-2-3(8)4(9)5(10)6(11)12-2;7-1-4-6(10)5(9)3(8)2-11-4;7-2-1-3(8)5(10)6(11)4(2)9/h3-5,8-10,13H,1-2H2,(H,11,12);1,4-6,8-10H,2H2,(H,11,12);3-5,7-11H,1-2H2;2-11H,1H2;3-10H,1-2H2;2-11H,1H2/t3-,4-,5?,7?;;;;;2-,3-,4+,5+/m1....1/s1. The van der Waals surface area contributed by atoms with Crippen LogP contribution in [0.15, 0.2) is 11.6 Å². The van der Waals surface area contributed by atoms with Crippen molar-refractivity contribution >= 4 is 11.9 Å². The summed E-state index contributed by atoms with van der Waals surface area (Å²) in [5.41, 5.74) is -4.30. The summed E-state index contributed by atoms with van der Waals surface area (Å²) in [5, 5.41) is 251. The van der Waals surface area contributed by atoms with Crippen LogP contribution in [0.2, 0.25) is 0 Å². The van der Waals surface area contributed by atoms with Crippen LogP contribution in [0.1, 0.15) is 25.7 Å². The minimum absolute atomic E-state index is 0.0521. The van der Waals surface area contributed by atoms with Gasteiger partial charge >= 0.3 is 11.9 Å². The molecule has 0 amide bonds. The molecule has 3 aliphatic heterocycles. The normalized spacial score (nSPS) is 46.2. The summed E-state index contributed by atoms with van der Waals surface area (Å²) in [6.07, 6.45) is -30.2. The summed E-state index contributed by atoms with van der Waals surface area (Å²) in [7, 11) is 0. The van der Waals surface area contributed by atoms with E-state index in [9.17, 15) is 24.9 Å². The Morgan fingerprint density at radius 2 is 0.958 bits per heavy atom. The van der Waals surface area contributed by atoms with Crippen molar-refractivity contribution in [2.75, 3.05) is 33.0 Å². The van der Waals surface area contributed by atoms with Gasteiger partial charge in [-0.15, -0.1) is 0 Å². The first kappa shape index (κ1) is 66.5. The van der Waals surface area contributed by atoms with Crippen LogP contribution in [0, 0.1) is 0 Å². The number of hydrogen-bond acceptors (Lipinski definition) is 31. The Kier molecular flexibility index (Phi) is 27.7. The van der Waals surface area contributed by atoms with Crippen LogP contribution in [0.4, 0.5) is 0 Å². The Hall–Kier alpha value is -2.48. The quantitative estimate of drug-likeness (QED) is 0.117. The summed E-state index contributed by atoms with van der Waals surface area (Å²) in [4.78, 5) is 20.9. The number of carbonyl (C=O) groups is 2. The van der Waals surface area contributed by atoms with Crippen LogP contribution in [-0.4, -0.2) is 340 Å². The molecule has 0 radical (unpaired) electrons. The smallest absolute Gasteiger partial charge is 0.335 e. The third-order valence-corrected chi connectivity index (χ3v) is 11.8. The highest BCUT2D eigenvalue weighted by Crippen LogP contribution is 2.30. The maximum absolute atomic E-state index is 10.5. The van der Waals surface area contributed by atoms with Crippen LogP contribution < -0.4 is 0 Å². The second-order valence-corrected chi connectivity index (χ2v) is 17.1. The van der Waals surface area contributed by atoms with Crippen LogP contribution in [0.5, 0.6) is 0 Å². The van der Waals surface area contributed by atoms with E-state index < -0.39 is 197 Å². The molecule has 22 atom stereocenters. The fourth-order valence-electron chi connectivity index (χ4n) is 6.99. The number of rotatable bonds is 6. The number of ether oxygens (including phenoxy) is 3. The molecule has 6 aliphatic rings. The van der Waals surface area contributed by atoms with Crippen LogP contribution in [0.25, 0.3) is 0 Å². The molecule has 0 aromatic rings. The molecule has 28 N–H and O–H groups in total. The van der Waals surface area contributed by atoms with Gasteiger partial charge in [0.1, 0.15) is 97.7 Å². The topological polar surface area (TPSA) is 628 Å². The Balaban J connectivity index is 0.000000426. The molecule has 0 spiro atoms. The van der Waals surface area contributed by atoms with Crippen LogP contribution >= 0.6 is 0 Å². The van der Waals surface area contributed by atoms with E-state index in [1.807, 2.05) is 0 Å². The van der Waals surface area contributed by atoms with Crippen molar-refractivity contribution in [2.24, 2.45) is 0 Å². The zero-order valence-electron chi connectivity index (χ0n) is 37.3. The molecule has 2 saturated carbocycles. The van der Waals surface area contributed by atoms with E-state index in [0.29, 0.717) is 0 Å². The Bertz CT molecular complexity index is 1550. The molecule has 5 fully saturated rings. The zero-order valence-corrected chi connectivity index (χ0v) is 37.3. The lowest BCUT2D eigenvalue weighted by Crippen LogP contribution is -2.58. The number of carboxylic acid groups (broad SMARTS) is 2. The molecular formula is C38H70O33. The average Bonchev–Trinajstić information content (AvgIpc) is 3.54. The van der Waals surface area contributed by atoms with E-state index in [4.69, 9.17) is 132 Å². The molecule has 3 heterocycles. The molecule has 0 bridgehead atoms. The van der Waals surface area contributed by atoms with Crippen molar-refractivity contribution in [3.8, 4) is 0 Å². The Morgan fingerprint density at radius 1 is 0.507 bits per heavy atom. The van der Waals surface area contributed by atoms with Crippen LogP contribution in [-0.2, 0) is 23.8 Å². The number of aliphatic hydroxyl groups is 26. The van der Waals surface area contributed by atoms with E-state index in [1.165, 1.54) is 0 Å². The third kappa shape index (κ3) is 17.8. The molecule has 33 nitrogen and oxygen atoms in total. The van der Waals surface area contributed by atoms with E-state index in [1.54, 1.807) is 0 Å². The average molecular weight is 1050 g/mol. The highest BCUT2D eigenvalue weighted by Gasteiger charge is 2.54. The molecule has 33 heteroatoms. The lowest BCUT2D eigenvalue weighted by molar-refractivity contribution is -0.286. The van der Waals surface area contributed by atoms with Gasteiger partial charge in [0, 0.05) is 31.3 Å². The molecule has 71 heavy (non-hydrogen) atoms. The molecule has 16 unspecified atom stereocenters. The minimum atomic E-state index is -2.14. The Morgan fingerprint density at radius 3 is 1.35 bits per heavy atom. The molecule has 6 rings (SSSR count). The maximum atomic E-state index is 10.5. The van der Waals surface area contributed by atoms with Gasteiger partial charge in [-0.3, -0.25) is 0 Å². The summed E-state index contributed by atoms with van der Waals surface area (Å²) in [6, 6.07) is 0. The SMILES string of the molecule is O=C(O)C1(O)C[C@@H](O)C(O)[C@H](O)C1.O=C(O)C1=CC(O)C(O)C(O)C1.OC1[C@@H](O)[C@H](O)C[C@@H](O)[C@@H]1O.OCC1OC(O)C(O)(CO)C1O.OCC1OC(O)C(O)C(O)C1O.OCC1OCC(O)C(O)C1O. The summed E-state index contributed by atoms with van der Waals surface area (Å²) >= 11 is 0. The van der Waals surface area contributed by atoms with Gasteiger partial charge in [0.25, 0.3) is 0 Å². The van der Waals surface area contributed by atoms with Gasteiger partial charge < -0.3 is 157 Å². The fraction of sp³-hybridized carbons (Fsp3) is 0.895. The van der Waals surface area contributed by atoms with Crippen molar-refractivity contribution in [1.82, 2.24) is 0 Å². The van der Waals surface area contributed by atoms with Gasteiger partial charge in [-0.2, -0.15) is 0 Å². The lowest BCUT2D eigenvalue weighted by Gasteiger charge is -2.37. The molecule has 0 aromatic heterocycles. The predicted molar refractivity (Wildman–Crippen MR) is 220 cm³/mol. The monoisotopic (exact) mass is 1050 g/mol. The second-order valence-electron chi connectivity index (χ2n) is 17.1. The first-order valence-corrected chi connectivity index (χ1v) is 21.3. The summed E-state index contributed by atoms with van der Waals surface area (Å²) in [5.74, 6) is -2.68. The van der Waals surface area contributed by atoms with Gasteiger partial charge in [0.15, 0.2) is 23.8 Å². The van der Waals surface area contributed by atoms with Gasteiger partial charge in [0.05, 0.1) is 63.6 Å². The number of hydrogen-bond donors (Lipinski definition) is 28. The molecule has 3 saturated heterocycles. The fourth-order valence-corrected chi connectivity index (χ4v) is 6.99. The zero-order chi connectivity index (χ0) is 55.2.